The summed E-state index contributed by atoms with van der Waals surface area (Å²) in [5, 5.41) is 12.2. The van der Waals surface area contributed by atoms with Crippen LogP contribution in [-0.2, 0) is 9.53 Å². The average Bonchev–Trinajstić information content (AvgIpc) is 3.18. The Morgan fingerprint density at radius 2 is 2.50 bits per heavy atom. The lowest BCUT2D eigenvalue weighted by atomic mass is 10.2. The van der Waals surface area contributed by atoms with Crippen molar-refractivity contribution in [3.63, 3.8) is 0 Å². The fraction of sp³-hybridized carbons (Fsp3) is 0.538. The maximum Gasteiger partial charge on any atom is 0.243 e. The number of aromatic amines is 1. The molecule has 3 rings (SSSR count). The van der Waals surface area contributed by atoms with Crippen LogP contribution in [-0.4, -0.2) is 56.7 Å². The standard InChI is InChI=1S/C13H18N6O2S/c1-8(12(20)16-13-14-3-6-22-13)19-4-5-21-10(7-19)11-15-9(2)17-18-11/h3,6,8,10H,4-5,7H2,1-2H3,(H,14,16,20)(H,15,17,18)/t8-,10+/m0/s1. The molecular weight excluding hydrogens is 304 g/mol. The van der Waals surface area contributed by atoms with E-state index in [1.54, 1.807) is 6.20 Å². The quantitative estimate of drug-likeness (QED) is 0.871. The van der Waals surface area contributed by atoms with Gasteiger partial charge in [0.05, 0.1) is 12.6 Å². The highest BCUT2D eigenvalue weighted by molar-refractivity contribution is 7.13. The molecule has 118 valence electrons. The molecule has 22 heavy (non-hydrogen) atoms. The van der Waals surface area contributed by atoms with Crippen LogP contribution < -0.4 is 5.32 Å². The van der Waals surface area contributed by atoms with Gasteiger partial charge >= 0.3 is 0 Å². The van der Waals surface area contributed by atoms with Gasteiger partial charge in [0.1, 0.15) is 11.9 Å². The van der Waals surface area contributed by atoms with E-state index in [0.29, 0.717) is 30.7 Å². The van der Waals surface area contributed by atoms with E-state index in [1.165, 1.54) is 11.3 Å². The van der Waals surface area contributed by atoms with Crippen molar-refractivity contribution in [1.82, 2.24) is 25.1 Å². The Bertz CT molecular complexity index is 628. The summed E-state index contributed by atoms with van der Waals surface area (Å²) < 4.78 is 5.71. The molecular formula is C13H18N6O2S. The summed E-state index contributed by atoms with van der Waals surface area (Å²) in [6.07, 6.45) is 1.45. The first-order valence-corrected chi connectivity index (χ1v) is 7.96. The van der Waals surface area contributed by atoms with Gasteiger partial charge in [0.2, 0.25) is 5.91 Å². The number of morpholine rings is 1. The number of nitrogens with zero attached hydrogens (tertiary/aromatic N) is 4. The van der Waals surface area contributed by atoms with Gasteiger partial charge < -0.3 is 10.1 Å². The van der Waals surface area contributed by atoms with E-state index in [9.17, 15) is 4.79 Å². The zero-order chi connectivity index (χ0) is 15.5. The Hall–Kier alpha value is -1.84. The Labute approximate surface area is 131 Å². The molecule has 1 aliphatic heterocycles. The van der Waals surface area contributed by atoms with Crippen molar-refractivity contribution < 1.29 is 9.53 Å². The van der Waals surface area contributed by atoms with Crippen LogP contribution in [0, 0.1) is 6.92 Å². The SMILES string of the molecule is Cc1nc([C@H]2CN([C@@H](C)C(=O)Nc3nccs3)CCO2)n[nH]1. The number of hydrogen-bond donors (Lipinski definition) is 2. The molecule has 9 heteroatoms. The van der Waals surface area contributed by atoms with Crippen molar-refractivity contribution in [3.8, 4) is 0 Å². The van der Waals surface area contributed by atoms with Gasteiger partial charge in [-0.15, -0.1) is 11.3 Å². The van der Waals surface area contributed by atoms with Gasteiger partial charge in [0, 0.05) is 24.7 Å². The minimum atomic E-state index is -0.268. The molecule has 1 fully saturated rings. The van der Waals surface area contributed by atoms with Crippen LogP contribution in [0.2, 0.25) is 0 Å². The number of amides is 1. The van der Waals surface area contributed by atoms with E-state index in [4.69, 9.17) is 4.74 Å². The molecule has 2 N–H and O–H groups in total. The highest BCUT2D eigenvalue weighted by Crippen LogP contribution is 2.21. The lowest BCUT2D eigenvalue weighted by Gasteiger charge is -2.34. The molecule has 0 aromatic carbocycles. The lowest BCUT2D eigenvalue weighted by Crippen LogP contribution is -2.48. The Kier molecular flexibility index (Phi) is 4.46. The van der Waals surface area contributed by atoms with Gasteiger partial charge in [-0.2, -0.15) is 5.10 Å². The van der Waals surface area contributed by atoms with Crippen molar-refractivity contribution in [2.24, 2.45) is 0 Å². The van der Waals surface area contributed by atoms with Crippen molar-refractivity contribution in [3.05, 3.63) is 23.2 Å². The summed E-state index contributed by atoms with van der Waals surface area (Å²) >= 11 is 1.41. The Morgan fingerprint density at radius 3 is 3.18 bits per heavy atom. The van der Waals surface area contributed by atoms with Gasteiger partial charge in [0.15, 0.2) is 11.0 Å². The van der Waals surface area contributed by atoms with E-state index in [-0.39, 0.29) is 18.1 Å². The number of H-pyrrole nitrogens is 1. The number of ether oxygens (including phenoxy) is 1. The van der Waals surface area contributed by atoms with Gasteiger partial charge in [-0.05, 0) is 13.8 Å². The molecule has 1 amide bonds. The molecule has 0 spiro atoms. The number of nitrogens with one attached hydrogen (secondary N) is 2. The largest absolute Gasteiger partial charge is 0.367 e. The predicted octanol–water partition coefficient (Wildman–Crippen LogP) is 0.970. The fourth-order valence-corrected chi connectivity index (χ4v) is 2.87. The molecule has 2 atom stereocenters. The van der Waals surface area contributed by atoms with E-state index in [1.807, 2.05) is 19.2 Å². The van der Waals surface area contributed by atoms with Crippen molar-refractivity contribution in [2.45, 2.75) is 26.0 Å². The number of carbonyl (C=O) groups excluding carboxylic acids is 1. The minimum absolute atomic E-state index is 0.0678. The Morgan fingerprint density at radius 1 is 1.64 bits per heavy atom. The molecule has 0 radical (unpaired) electrons. The van der Waals surface area contributed by atoms with E-state index in [2.05, 4.69) is 30.4 Å². The normalized spacial score (nSPS) is 20.7. The first-order chi connectivity index (χ1) is 10.6. The van der Waals surface area contributed by atoms with Crippen LogP contribution in [0.3, 0.4) is 0 Å². The predicted molar refractivity (Wildman–Crippen MR) is 81.6 cm³/mol. The van der Waals surface area contributed by atoms with Gasteiger partial charge in [-0.3, -0.25) is 14.8 Å². The topological polar surface area (TPSA) is 96.0 Å². The molecule has 0 saturated carbocycles. The smallest absolute Gasteiger partial charge is 0.243 e. The molecule has 1 saturated heterocycles. The zero-order valence-corrected chi connectivity index (χ0v) is 13.3. The molecule has 0 unspecified atom stereocenters. The number of aryl methyl sites for hydroxylation is 1. The summed E-state index contributed by atoms with van der Waals surface area (Å²) in [7, 11) is 0. The summed E-state index contributed by atoms with van der Waals surface area (Å²) in [6, 6.07) is -0.268. The monoisotopic (exact) mass is 322 g/mol. The lowest BCUT2D eigenvalue weighted by molar-refractivity contribution is -0.124. The third-order valence-corrected chi connectivity index (χ3v) is 4.28. The third kappa shape index (κ3) is 3.32. The highest BCUT2D eigenvalue weighted by Gasteiger charge is 2.30. The second-order valence-electron chi connectivity index (χ2n) is 5.14. The van der Waals surface area contributed by atoms with Crippen LogP contribution in [0.25, 0.3) is 0 Å². The van der Waals surface area contributed by atoms with E-state index >= 15 is 0 Å². The molecule has 0 bridgehead atoms. The number of rotatable bonds is 4. The first kappa shape index (κ1) is 15.1. The van der Waals surface area contributed by atoms with E-state index < -0.39 is 0 Å². The van der Waals surface area contributed by atoms with Crippen LogP contribution in [0.5, 0.6) is 0 Å². The third-order valence-electron chi connectivity index (χ3n) is 3.59. The molecule has 8 nitrogen and oxygen atoms in total. The first-order valence-electron chi connectivity index (χ1n) is 7.08. The van der Waals surface area contributed by atoms with Gasteiger partial charge in [-0.1, -0.05) is 0 Å². The fourth-order valence-electron chi connectivity index (χ4n) is 2.34. The van der Waals surface area contributed by atoms with E-state index in [0.717, 1.165) is 5.82 Å². The highest BCUT2D eigenvalue weighted by atomic mass is 32.1. The summed E-state index contributed by atoms with van der Waals surface area (Å²) in [6.45, 7) is 5.57. The van der Waals surface area contributed by atoms with Gasteiger partial charge in [0.25, 0.3) is 0 Å². The molecule has 3 heterocycles. The van der Waals surface area contributed by atoms with Crippen LogP contribution in [0.4, 0.5) is 5.13 Å². The molecule has 1 aliphatic rings. The number of anilines is 1. The van der Waals surface area contributed by atoms with Gasteiger partial charge in [-0.25, -0.2) is 9.97 Å². The maximum absolute atomic E-state index is 12.3. The Balaban J connectivity index is 1.62. The van der Waals surface area contributed by atoms with Crippen molar-refractivity contribution >= 4 is 22.4 Å². The number of aromatic nitrogens is 4. The maximum atomic E-state index is 12.3. The number of thiazole rings is 1. The minimum Gasteiger partial charge on any atom is -0.367 e. The average molecular weight is 322 g/mol. The summed E-state index contributed by atoms with van der Waals surface area (Å²) in [5.41, 5.74) is 0. The zero-order valence-electron chi connectivity index (χ0n) is 12.4. The number of hydrogen-bond acceptors (Lipinski definition) is 7. The molecule has 0 aliphatic carbocycles. The van der Waals surface area contributed by atoms with Crippen LogP contribution in [0.1, 0.15) is 24.7 Å². The molecule has 2 aromatic heterocycles. The second-order valence-corrected chi connectivity index (χ2v) is 6.03. The second kappa shape index (κ2) is 6.51. The van der Waals surface area contributed by atoms with Crippen molar-refractivity contribution in [1.29, 1.82) is 0 Å². The van der Waals surface area contributed by atoms with Crippen LogP contribution >= 0.6 is 11.3 Å². The summed E-state index contributed by atoms with van der Waals surface area (Å²) in [5.74, 6) is 1.32. The van der Waals surface area contributed by atoms with Crippen molar-refractivity contribution in [2.75, 3.05) is 25.0 Å². The number of carbonyl (C=O) groups is 1. The summed E-state index contributed by atoms with van der Waals surface area (Å²) in [4.78, 5) is 22.7. The van der Waals surface area contributed by atoms with Crippen LogP contribution in [0.15, 0.2) is 11.6 Å². The molecule has 2 aromatic rings.